The number of hydrogen-bond donors (Lipinski definition) is 1. The number of anilines is 1. The minimum Gasteiger partial charge on any atom is -0.359 e. The molecule has 1 N–H and O–H groups in total. The molecule has 2 rings (SSSR count). The molecule has 2 unspecified atom stereocenters. The Kier molecular flexibility index (Phi) is 4.81. The van der Waals surface area contributed by atoms with Crippen molar-refractivity contribution >= 4 is 5.82 Å². The molecule has 0 aliphatic heterocycles. The molecule has 0 aromatic carbocycles. The molecule has 3 heteroatoms. The van der Waals surface area contributed by atoms with Crippen molar-refractivity contribution in [1.29, 1.82) is 0 Å². The molecule has 0 radical (unpaired) electrons. The van der Waals surface area contributed by atoms with Crippen LogP contribution in [-0.4, -0.2) is 25.1 Å². The molecule has 1 aliphatic rings. The molecule has 0 spiro atoms. The molecule has 1 aromatic heterocycles. The first kappa shape index (κ1) is 14.3. The number of aryl methyl sites for hydroxylation is 1. The fraction of sp³-hybridized carbons (Fsp3) is 0.688. The van der Waals surface area contributed by atoms with Crippen LogP contribution in [0.3, 0.4) is 0 Å². The summed E-state index contributed by atoms with van der Waals surface area (Å²) in [6, 6.07) is 2.26. The lowest BCUT2D eigenvalue weighted by Crippen LogP contribution is -2.23. The van der Waals surface area contributed by atoms with Crippen molar-refractivity contribution < 1.29 is 0 Å². The molecule has 1 saturated carbocycles. The molecule has 3 nitrogen and oxygen atoms in total. The van der Waals surface area contributed by atoms with E-state index in [1.54, 1.807) is 0 Å². The van der Waals surface area contributed by atoms with Crippen LogP contribution in [0.25, 0.3) is 0 Å². The Bertz CT molecular complexity index is 416. The summed E-state index contributed by atoms with van der Waals surface area (Å²) in [6.07, 6.45) is 4.56. The summed E-state index contributed by atoms with van der Waals surface area (Å²) in [5.41, 5.74) is 2.56. The lowest BCUT2D eigenvalue weighted by Gasteiger charge is -2.20. The number of nitrogens with one attached hydrogen (secondary N) is 1. The maximum atomic E-state index is 4.65. The fourth-order valence-corrected chi connectivity index (χ4v) is 2.62. The summed E-state index contributed by atoms with van der Waals surface area (Å²) in [5, 5.41) is 3.42. The first-order chi connectivity index (χ1) is 9.11. The summed E-state index contributed by atoms with van der Waals surface area (Å²) in [7, 11) is 2.16. The maximum absolute atomic E-state index is 4.65. The zero-order valence-electron chi connectivity index (χ0n) is 12.7. The summed E-state index contributed by atoms with van der Waals surface area (Å²) in [6.45, 7) is 9.82. The number of hydrogen-bond acceptors (Lipinski definition) is 3. The van der Waals surface area contributed by atoms with Gasteiger partial charge in [-0.2, -0.15) is 0 Å². The monoisotopic (exact) mass is 261 g/mol. The Balaban J connectivity index is 1.93. The second-order valence-corrected chi connectivity index (χ2v) is 6.01. The van der Waals surface area contributed by atoms with E-state index in [-0.39, 0.29) is 0 Å². The lowest BCUT2D eigenvalue weighted by atomic mass is 10.2. The highest BCUT2D eigenvalue weighted by Crippen LogP contribution is 2.38. The van der Waals surface area contributed by atoms with Crippen molar-refractivity contribution in [3.05, 3.63) is 23.4 Å². The van der Waals surface area contributed by atoms with Gasteiger partial charge in [-0.15, -0.1) is 0 Å². The third-order valence-electron chi connectivity index (χ3n) is 4.01. The van der Waals surface area contributed by atoms with Gasteiger partial charge in [0, 0.05) is 26.3 Å². The van der Waals surface area contributed by atoms with Crippen LogP contribution in [0.15, 0.2) is 12.3 Å². The van der Waals surface area contributed by atoms with Gasteiger partial charge in [0.1, 0.15) is 5.82 Å². The molecule has 1 fully saturated rings. The van der Waals surface area contributed by atoms with Crippen molar-refractivity contribution in [3.63, 3.8) is 0 Å². The number of aromatic nitrogens is 1. The molecule has 106 valence electrons. The molecule has 1 aliphatic carbocycles. The normalized spacial score (nSPS) is 21.5. The van der Waals surface area contributed by atoms with Crippen LogP contribution in [0.5, 0.6) is 0 Å². The SMILES string of the molecule is CCCNCc1cnc(N(C)CC2CC2C)c(C)c1. The van der Waals surface area contributed by atoms with Crippen LogP contribution >= 0.6 is 0 Å². The maximum Gasteiger partial charge on any atom is 0.131 e. The van der Waals surface area contributed by atoms with E-state index in [9.17, 15) is 0 Å². The van der Waals surface area contributed by atoms with Gasteiger partial charge in [0.05, 0.1) is 0 Å². The highest BCUT2D eigenvalue weighted by Gasteiger charge is 2.33. The topological polar surface area (TPSA) is 28.2 Å². The van der Waals surface area contributed by atoms with Crippen molar-refractivity contribution in [1.82, 2.24) is 10.3 Å². The largest absolute Gasteiger partial charge is 0.359 e. The van der Waals surface area contributed by atoms with Crippen LogP contribution in [0.1, 0.15) is 37.8 Å². The number of rotatable bonds is 7. The average molecular weight is 261 g/mol. The van der Waals surface area contributed by atoms with Crippen LogP contribution in [0.2, 0.25) is 0 Å². The minimum absolute atomic E-state index is 0.872. The van der Waals surface area contributed by atoms with E-state index in [2.05, 4.69) is 49.1 Å². The Morgan fingerprint density at radius 1 is 1.47 bits per heavy atom. The Labute approximate surface area is 117 Å². The molecule has 0 saturated heterocycles. The summed E-state index contributed by atoms with van der Waals surface area (Å²) in [4.78, 5) is 6.96. The van der Waals surface area contributed by atoms with Gasteiger partial charge >= 0.3 is 0 Å². The van der Waals surface area contributed by atoms with Gasteiger partial charge in [0.2, 0.25) is 0 Å². The Morgan fingerprint density at radius 3 is 2.79 bits per heavy atom. The highest BCUT2D eigenvalue weighted by atomic mass is 15.2. The second-order valence-electron chi connectivity index (χ2n) is 6.01. The first-order valence-corrected chi connectivity index (χ1v) is 7.49. The zero-order chi connectivity index (χ0) is 13.8. The molecule has 19 heavy (non-hydrogen) atoms. The van der Waals surface area contributed by atoms with Crippen LogP contribution in [0.4, 0.5) is 5.82 Å². The predicted molar refractivity (Wildman–Crippen MR) is 81.5 cm³/mol. The molecule has 0 bridgehead atoms. The van der Waals surface area contributed by atoms with Gasteiger partial charge in [0.25, 0.3) is 0 Å². The molecular formula is C16H27N3. The van der Waals surface area contributed by atoms with Gasteiger partial charge in [-0.3, -0.25) is 0 Å². The molecule has 2 atom stereocenters. The van der Waals surface area contributed by atoms with Crippen LogP contribution in [-0.2, 0) is 6.54 Å². The van der Waals surface area contributed by atoms with Gasteiger partial charge in [-0.05, 0) is 55.3 Å². The van der Waals surface area contributed by atoms with Gasteiger partial charge in [0.15, 0.2) is 0 Å². The summed E-state index contributed by atoms with van der Waals surface area (Å²) >= 11 is 0. The van der Waals surface area contributed by atoms with E-state index in [1.807, 2.05) is 6.20 Å². The summed E-state index contributed by atoms with van der Waals surface area (Å²) in [5.74, 6) is 2.91. The molecule has 0 amide bonds. The number of pyridine rings is 1. The third kappa shape index (κ3) is 3.93. The minimum atomic E-state index is 0.872. The van der Waals surface area contributed by atoms with Crippen molar-refractivity contribution in [2.24, 2.45) is 11.8 Å². The van der Waals surface area contributed by atoms with E-state index < -0.39 is 0 Å². The molecular weight excluding hydrogens is 234 g/mol. The van der Waals surface area contributed by atoms with Crippen LogP contribution < -0.4 is 10.2 Å². The second kappa shape index (κ2) is 6.38. The average Bonchev–Trinajstić information content (AvgIpc) is 3.05. The Morgan fingerprint density at radius 2 is 2.21 bits per heavy atom. The van der Waals surface area contributed by atoms with Gasteiger partial charge in [-0.1, -0.05) is 13.8 Å². The van der Waals surface area contributed by atoms with E-state index in [0.29, 0.717) is 0 Å². The van der Waals surface area contributed by atoms with E-state index >= 15 is 0 Å². The van der Waals surface area contributed by atoms with Crippen LogP contribution in [0, 0.1) is 18.8 Å². The standard InChI is InChI=1S/C16H27N3/c1-5-6-17-9-14-7-13(3)16(18-10-14)19(4)11-15-8-12(15)2/h7,10,12,15,17H,5-6,8-9,11H2,1-4H3. The van der Waals surface area contributed by atoms with Gasteiger partial charge < -0.3 is 10.2 Å². The quantitative estimate of drug-likeness (QED) is 0.765. The van der Waals surface area contributed by atoms with Crippen molar-refractivity contribution in [2.75, 3.05) is 25.0 Å². The highest BCUT2D eigenvalue weighted by molar-refractivity contribution is 5.46. The zero-order valence-corrected chi connectivity index (χ0v) is 12.7. The summed E-state index contributed by atoms with van der Waals surface area (Å²) < 4.78 is 0. The molecule has 1 aromatic rings. The van der Waals surface area contributed by atoms with E-state index in [4.69, 9.17) is 0 Å². The van der Waals surface area contributed by atoms with E-state index in [1.165, 1.54) is 24.0 Å². The predicted octanol–water partition coefficient (Wildman–Crippen LogP) is 2.98. The first-order valence-electron chi connectivity index (χ1n) is 7.49. The van der Waals surface area contributed by atoms with Crippen molar-refractivity contribution in [3.8, 4) is 0 Å². The van der Waals surface area contributed by atoms with Crippen molar-refractivity contribution in [2.45, 2.75) is 40.2 Å². The third-order valence-corrected chi connectivity index (χ3v) is 4.01. The lowest BCUT2D eigenvalue weighted by molar-refractivity contribution is 0.672. The fourth-order valence-electron chi connectivity index (χ4n) is 2.62. The Hall–Kier alpha value is -1.09. The smallest absolute Gasteiger partial charge is 0.131 e. The number of nitrogens with zero attached hydrogens (tertiary/aromatic N) is 2. The molecule has 1 heterocycles. The van der Waals surface area contributed by atoms with E-state index in [0.717, 1.165) is 37.3 Å². The van der Waals surface area contributed by atoms with Gasteiger partial charge in [-0.25, -0.2) is 4.98 Å².